The van der Waals surface area contributed by atoms with Gasteiger partial charge < -0.3 is 5.73 Å². The van der Waals surface area contributed by atoms with E-state index in [0.717, 1.165) is 29.8 Å². The van der Waals surface area contributed by atoms with E-state index in [1.807, 2.05) is 0 Å². The van der Waals surface area contributed by atoms with Crippen molar-refractivity contribution in [3.8, 4) is 0 Å². The van der Waals surface area contributed by atoms with Crippen LogP contribution in [0.25, 0.3) is 0 Å². The molecule has 22 heavy (non-hydrogen) atoms. The topological polar surface area (TPSA) is 68.0 Å². The molecular formula is C14H14Cl2FN3OS. The van der Waals surface area contributed by atoms with Crippen LogP contribution in [0.2, 0.25) is 5.02 Å². The molecule has 1 heterocycles. The van der Waals surface area contributed by atoms with Gasteiger partial charge in [0.25, 0.3) is 5.91 Å². The Labute approximate surface area is 142 Å². The molecule has 0 spiro atoms. The molecule has 1 aromatic heterocycles. The van der Waals surface area contributed by atoms with E-state index < -0.39 is 11.7 Å². The number of nitrogens with one attached hydrogen (secondary N) is 1. The van der Waals surface area contributed by atoms with Crippen molar-refractivity contribution in [1.82, 2.24) is 4.98 Å². The van der Waals surface area contributed by atoms with Gasteiger partial charge in [0.2, 0.25) is 0 Å². The van der Waals surface area contributed by atoms with Gasteiger partial charge in [-0.3, -0.25) is 10.1 Å². The molecule has 2 aromatic rings. The zero-order valence-corrected chi connectivity index (χ0v) is 13.8. The summed E-state index contributed by atoms with van der Waals surface area (Å²) in [5.41, 5.74) is 6.80. The van der Waals surface area contributed by atoms with Crippen molar-refractivity contribution in [3.63, 3.8) is 0 Å². The third-order valence-corrected chi connectivity index (χ3v) is 4.72. The molecule has 3 rings (SSSR count). The Morgan fingerprint density at radius 1 is 1.50 bits per heavy atom. The Hall–Kier alpha value is -1.21. The maximum Gasteiger partial charge on any atom is 0.260 e. The van der Waals surface area contributed by atoms with Crippen LogP contribution in [0.1, 0.15) is 27.3 Å². The molecule has 0 unspecified atom stereocenters. The summed E-state index contributed by atoms with van der Waals surface area (Å²) < 4.78 is 13.8. The number of hydrogen-bond donors (Lipinski definition) is 2. The molecule has 4 nitrogen and oxygen atoms in total. The standard InChI is InChI=1S/C14H13ClFN3OS.ClH/c15-9-3-1-2-8(12(9)16)13(20)19-14-18-10-5-4-7(17)6-11(10)21-14;/h1-3,7H,4-6,17H2,(H,18,19,20);1H/t7-;/m0./s1. The highest BCUT2D eigenvalue weighted by atomic mass is 35.5. The first-order valence-electron chi connectivity index (χ1n) is 6.54. The molecule has 8 heteroatoms. The first-order valence-corrected chi connectivity index (χ1v) is 7.73. The second-order valence-electron chi connectivity index (χ2n) is 4.95. The largest absolute Gasteiger partial charge is 0.327 e. The number of aromatic nitrogens is 1. The lowest BCUT2D eigenvalue weighted by atomic mass is 9.99. The van der Waals surface area contributed by atoms with E-state index >= 15 is 0 Å². The quantitative estimate of drug-likeness (QED) is 0.860. The van der Waals surface area contributed by atoms with Crippen LogP contribution < -0.4 is 11.1 Å². The molecule has 0 radical (unpaired) electrons. The molecule has 118 valence electrons. The van der Waals surface area contributed by atoms with E-state index in [0.29, 0.717) is 5.13 Å². The van der Waals surface area contributed by atoms with Crippen LogP contribution in [0.3, 0.4) is 0 Å². The molecule has 1 aromatic carbocycles. The number of benzene rings is 1. The summed E-state index contributed by atoms with van der Waals surface area (Å²) in [7, 11) is 0. The van der Waals surface area contributed by atoms with Gasteiger partial charge in [-0.1, -0.05) is 17.7 Å². The minimum absolute atomic E-state index is 0. The van der Waals surface area contributed by atoms with Crippen molar-refractivity contribution >= 4 is 46.4 Å². The van der Waals surface area contributed by atoms with Gasteiger partial charge in [-0.15, -0.1) is 23.7 Å². The molecule has 0 aliphatic heterocycles. The summed E-state index contributed by atoms with van der Waals surface area (Å²) >= 11 is 7.07. The highest BCUT2D eigenvalue weighted by Crippen LogP contribution is 2.29. The first kappa shape index (κ1) is 17.1. The van der Waals surface area contributed by atoms with E-state index in [2.05, 4.69) is 10.3 Å². The second-order valence-corrected chi connectivity index (χ2v) is 6.44. The van der Waals surface area contributed by atoms with Crippen LogP contribution in [-0.4, -0.2) is 16.9 Å². The fraction of sp³-hybridized carbons (Fsp3) is 0.286. The number of hydrogen-bond acceptors (Lipinski definition) is 4. The summed E-state index contributed by atoms with van der Waals surface area (Å²) in [5.74, 6) is -1.27. The Balaban J connectivity index is 0.00000176. The zero-order valence-electron chi connectivity index (χ0n) is 11.4. The van der Waals surface area contributed by atoms with Crippen molar-refractivity contribution < 1.29 is 9.18 Å². The maximum atomic E-state index is 13.8. The highest BCUT2D eigenvalue weighted by Gasteiger charge is 2.22. The molecule has 1 amide bonds. The minimum atomic E-state index is -0.722. The third-order valence-electron chi connectivity index (χ3n) is 3.39. The third kappa shape index (κ3) is 3.41. The molecule has 3 N–H and O–H groups in total. The van der Waals surface area contributed by atoms with Gasteiger partial charge in [-0.2, -0.15) is 0 Å². The van der Waals surface area contributed by atoms with Crippen molar-refractivity contribution in [1.29, 1.82) is 0 Å². The summed E-state index contributed by atoms with van der Waals surface area (Å²) in [5, 5.41) is 3.02. The average molecular weight is 362 g/mol. The van der Waals surface area contributed by atoms with Gasteiger partial charge in [0.15, 0.2) is 10.9 Å². The summed E-state index contributed by atoms with van der Waals surface area (Å²) in [6.07, 6.45) is 2.48. The van der Waals surface area contributed by atoms with Gasteiger partial charge in [-0.05, 0) is 31.4 Å². The number of thiazole rings is 1. The van der Waals surface area contributed by atoms with Crippen LogP contribution in [0.15, 0.2) is 18.2 Å². The number of aryl methyl sites for hydroxylation is 1. The van der Waals surface area contributed by atoms with E-state index in [9.17, 15) is 9.18 Å². The smallest absolute Gasteiger partial charge is 0.260 e. The lowest BCUT2D eigenvalue weighted by molar-refractivity contribution is 0.102. The minimum Gasteiger partial charge on any atom is -0.327 e. The van der Waals surface area contributed by atoms with Gasteiger partial charge >= 0.3 is 0 Å². The second kappa shape index (κ2) is 6.91. The Bertz CT molecular complexity index is 707. The van der Waals surface area contributed by atoms with Crippen LogP contribution in [0.4, 0.5) is 9.52 Å². The van der Waals surface area contributed by atoms with Crippen molar-refractivity contribution in [3.05, 3.63) is 45.2 Å². The van der Waals surface area contributed by atoms with Gasteiger partial charge in [0, 0.05) is 10.9 Å². The fourth-order valence-electron chi connectivity index (χ4n) is 2.30. The van der Waals surface area contributed by atoms with Crippen molar-refractivity contribution in [2.24, 2.45) is 5.73 Å². The van der Waals surface area contributed by atoms with Crippen molar-refractivity contribution in [2.45, 2.75) is 25.3 Å². The predicted octanol–water partition coefficient (Wildman–Crippen LogP) is 3.43. The normalized spacial score (nSPS) is 16.6. The van der Waals surface area contributed by atoms with Crippen molar-refractivity contribution in [2.75, 3.05) is 5.32 Å². The SMILES string of the molecule is Cl.N[C@H]1CCc2nc(NC(=O)c3cccc(Cl)c3F)sc2C1. The Morgan fingerprint density at radius 2 is 2.27 bits per heavy atom. The molecule has 1 aliphatic rings. The number of rotatable bonds is 2. The van der Waals surface area contributed by atoms with Gasteiger partial charge in [0.1, 0.15) is 0 Å². The molecular weight excluding hydrogens is 348 g/mol. The molecule has 0 saturated carbocycles. The van der Waals surface area contributed by atoms with E-state index in [1.54, 1.807) is 0 Å². The number of carbonyl (C=O) groups is 1. The number of nitrogens with two attached hydrogens (primary N) is 1. The number of fused-ring (bicyclic) bond motifs is 1. The lowest BCUT2D eigenvalue weighted by Crippen LogP contribution is -2.27. The molecule has 1 aliphatic carbocycles. The lowest BCUT2D eigenvalue weighted by Gasteiger charge is -2.15. The molecule has 0 fully saturated rings. The molecule has 1 atom stereocenters. The zero-order chi connectivity index (χ0) is 15.0. The number of halogens is 3. The van der Waals surface area contributed by atoms with Crippen LogP contribution >= 0.6 is 35.3 Å². The fourth-order valence-corrected chi connectivity index (χ4v) is 3.57. The first-order chi connectivity index (χ1) is 10.0. The average Bonchev–Trinajstić information content (AvgIpc) is 2.83. The Kier molecular flexibility index (Phi) is 5.39. The number of carbonyl (C=O) groups excluding carboxylic acids is 1. The number of nitrogens with zero attached hydrogens (tertiary/aromatic N) is 1. The summed E-state index contributed by atoms with van der Waals surface area (Å²) in [6, 6.07) is 4.47. The van der Waals surface area contributed by atoms with Crippen LogP contribution in [-0.2, 0) is 12.8 Å². The summed E-state index contributed by atoms with van der Waals surface area (Å²) in [6.45, 7) is 0. The van der Waals surface area contributed by atoms with Gasteiger partial charge in [-0.25, -0.2) is 9.37 Å². The number of amides is 1. The van der Waals surface area contributed by atoms with Gasteiger partial charge in [0.05, 0.1) is 16.3 Å². The van der Waals surface area contributed by atoms with Crippen LogP contribution in [0.5, 0.6) is 0 Å². The Morgan fingerprint density at radius 3 is 3.05 bits per heavy atom. The van der Waals surface area contributed by atoms with E-state index in [-0.39, 0.29) is 29.0 Å². The van der Waals surface area contributed by atoms with E-state index in [4.69, 9.17) is 17.3 Å². The van der Waals surface area contributed by atoms with E-state index in [1.165, 1.54) is 29.5 Å². The monoisotopic (exact) mass is 361 g/mol. The predicted molar refractivity (Wildman–Crippen MR) is 88.7 cm³/mol. The van der Waals surface area contributed by atoms with Crippen LogP contribution in [0, 0.1) is 5.82 Å². The molecule has 0 bridgehead atoms. The maximum absolute atomic E-state index is 13.8. The molecule has 0 saturated heterocycles. The summed E-state index contributed by atoms with van der Waals surface area (Å²) in [4.78, 5) is 17.6. The highest BCUT2D eigenvalue weighted by molar-refractivity contribution is 7.15. The number of anilines is 1.